The lowest BCUT2D eigenvalue weighted by molar-refractivity contribution is -0.115. The molecule has 2 N–H and O–H groups in total. The number of H-pyrrole nitrogens is 1. The summed E-state index contributed by atoms with van der Waals surface area (Å²) in [4.78, 5) is 12.2. The van der Waals surface area contributed by atoms with E-state index in [0.717, 1.165) is 17.0 Å². The Labute approximate surface area is 140 Å². The van der Waals surface area contributed by atoms with Crippen LogP contribution in [0.2, 0.25) is 0 Å². The zero-order valence-corrected chi connectivity index (χ0v) is 13.5. The van der Waals surface area contributed by atoms with Gasteiger partial charge in [-0.2, -0.15) is 5.10 Å². The Morgan fingerprint density at radius 3 is 2.79 bits per heavy atom. The van der Waals surface area contributed by atoms with Crippen LogP contribution in [0.25, 0.3) is 0 Å². The SMILES string of the molecule is O=C(Cc1ccc2c(c1)OCCO2)Nc1cc(C2CCCC2)[nH]n1. The molecule has 24 heavy (non-hydrogen) atoms. The number of anilines is 1. The lowest BCUT2D eigenvalue weighted by atomic mass is 10.0. The molecule has 6 heteroatoms. The number of nitrogens with zero attached hydrogens (tertiary/aromatic N) is 1. The van der Waals surface area contributed by atoms with Gasteiger partial charge in [0.05, 0.1) is 6.42 Å². The third-order valence-electron chi connectivity index (χ3n) is 4.63. The van der Waals surface area contributed by atoms with Gasteiger partial charge in [-0.25, -0.2) is 0 Å². The fraction of sp³-hybridized carbons (Fsp3) is 0.444. The summed E-state index contributed by atoms with van der Waals surface area (Å²) < 4.78 is 11.0. The van der Waals surface area contributed by atoms with Gasteiger partial charge in [0.2, 0.25) is 5.91 Å². The summed E-state index contributed by atoms with van der Waals surface area (Å²) in [7, 11) is 0. The molecule has 1 aliphatic heterocycles. The largest absolute Gasteiger partial charge is 0.486 e. The van der Waals surface area contributed by atoms with Crippen LogP contribution in [0.15, 0.2) is 24.3 Å². The van der Waals surface area contributed by atoms with Crippen LogP contribution in [0.3, 0.4) is 0 Å². The van der Waals surface area contributed by atoms with Crippen molar-refractivity contribution < 1.29 is 14.3 Å². The highest BCUT2D eigenvalue weighted by Gasteiger charge is 2.20. The van der Waals surface area contributed by atoms with E-state index >= 15 is 0 Å². The van der Waals surface area contributed by atoms with Gasteiger partial charge in [0.15, 0.2) is 17.3 Å². The van der Waals surface area contributed by atoms with Crippen molar-refractivity contribution in [2.24, 2.45) is 0 Å². The maximum Gasteiger partial charge on any atom is 0.229 e. The van der Waals surface area contributed by atoms with Gasteiger partial charge in [-0.15, -0.1) is 0 Å². The molecule has 1 aromatic carbocycles. The van der Waals surface area contributed by atoms with E-state index in [9.17, 15) is 4.79 Å². The molecule has 1 saturated carbocycles. The van der Waals surface area contributed by atoms with Crippen LogP contribution in [0, 0.1) is 0 Å². The average Bonchev–Trinajstić information content (AvgIpc) is 3.26. The van der Waals surface area contributed by atoms with E-state index in [1.807, 2.05) is 24.3 Å². The van der Waals surface area contributed by atoms with Gasteiger partial charge in [-0.3, -0.25) is 9.89 Å². The zero-order chi connectivity index (χ0) is 16.4. The number of rotatable bonds is 4. The summed E-state index contributed by atoms with van der Waals surface area (Å²) in [6, 6.07) is 7.56. The van der Waals surface area contributed by atoms with Gasteiger partial charge in [0.25, 0.3) is 0 Å². The van der Waals surface area contributed by atoms with Crippen molar-refractivity contribution in [3.8, 4) is 11.5 Å². The summed E-state index contributed by atoms with van der Waals surface area (Å²) in [6.45, 7) is 1.11. The molecule has 2 aromatic rings. The fourth-order valence-electron chi connectivity index (χ4n) is 3.42. The second-order valence-corrected chi connectivity index (χ2v) is 6.39. The predicted octanol–water partition coefficient (Wildman–Crippen LogP) is 3.02. The third kappa shape index (κ3) is 3.22. The van der Waals surface area contributed by atoms with Crippen LogP contribution in [0.1, 0.15) is 42.9 Å². The number of carbonyl (C=O) groups excluding carboxylic acids is 1. The summed E-state index contributed by atoms with van der Waals surface area (Å²) in [5, 5.41) is 10.1. The molecular weight excluding hydrogens is 306 g/mol. The topological polar surface area (TPSA) is 76.2 Å². The van der Waals surface area contributed by atoms with E-state index in [1.54, 1.807) is 0 Å². The normalized spacial score (nSPS) is 17.0. The quantitative estimate of drug-likeness (QED) is 0.905. The first-order valence-electron chi connectivity index (χ1n) is 8.51. The molecule has 2 aliphatic rings. The van der Waals surface area contributed by atoms with Crippen LogP contribution >= 0.6 is 0 Å². The Morgan fingerprint density at radius 1 is 1.17 bits per heavy atom. The zero-order valence-electron chi connectivity index (χ0n) is 13.5. The second-order valence-electron chi connectivity index (χ2n) is 6.39. The fourth-order valence-corrected chi connectivity index (χ4v) is 3.42. The summed E-state index contributed by atoms with van der Waals surface area (Å²) >= 11 is 0. The molecule has 126 valence electrons. The second kappa shape index (κ2) is 6.55. The molecule has 0 unspecified atom stereocenters. The van der Waals surface area contributed by atoms with E-state index < -0.39 is 0 Å². The first-order valence-corrected chi connectivity index (χ1v) is 8.51. The van der Waals surface area contributed by atoms with E-state index in [2.05, 4.69) is 15.5 Å². The molecule has 2 heterocycles. The first-order chi connectivity index (χ1) is 11.8. The van der Waals surface area contributed by atoms with Crippen LogP contribution in [0.5, 0.6) is 11.5 Å². The lowest BCUT2D eigenvalue weighted by Gasteiger charge is -2.18. The molecule has 1 aliphatic carbocycles. The number of hydrogen-bond acceptors (Lipinski definition) is 4. The van der Waals surface area contributed by atoms with Crippen molar-refractivity contribution in [1.29, 1.82) is 0 Å². The first kappa shape index (κ1) is 15.1. The maximum absolute atomic E-state index is 12.2. The lowest BCUT2D eigenvalue weighted by Crippen LogP contribution is -2.17. The molecule has 6 nitrogen and oxygen atoms in total. The predicted molar refractivity (Wildman–Crippen MR) is 89.6 cm³/mol. The van der Waals surface area contributed by atoms with Crippen molar-refractivity contribution in [2.75, 3.05) is 18.5 Å². The maximum atomic E-state index is 12.2. The number of ether oxygens (including phenoxy) is 2. The Hall–Kier alpha value is -2.50. The number of fused-ring (bicyclic) bond motifs is 1. The Bertz CT molecular complexity index is 735. The molecule has 4 rings (SSSR count). The summed E-state index contributed by atoms with van der Waals surface area (Å²) in [5.74, 6) is 2.50. The van der Waals surface area contributed by atoms with Gasteiger partial charge in [0.1, 0.15) is 13.2 Å². The van der Waals surface area contributed by atoms with Crippen LogP contribution in [-0.2, 0) is 11.2 Å². The van der Waals surface area contributed by atoms with Gasteiger partial charge < -0.3 is 14.8 Å². The van der Waals surface area contributed by atoms with E-state index in [-0.39, 0.29) is 12.3 Å². The molecule has 1 fully saturated rings. The van der Waals surface area contributed by atoms with Gasteiger partial charge in [0, 0.05) is 17.7 Å². The highest BCUT2D eigenvalue weighted by atomic mass is 16.6. The molecule has 0 radical (unpaired) electrons. The number of nitrogens with one attached hydrogen (secondary N) is 2. The van der Waals surface area contributed by atoms with E-state index in [1.165, 1.54) is 25.7 Å². The van der Waals surface area contributed by atoms with Gasteiger partial charge >= 0.3 is 0 Å². The Balaban J connectivity index is 1.38. The van der Waals surface area contributed by atoms with Crippen molar-refractivity contribution in [3.05, 3.63) is 35.5 Å². The standard InChI is InChI=1S/C18H21N3O3/c22-18(10-12-5-6-15-16(9-12)24-8-7-23-15)19-17-11-14(20-21-17)13-3-1-2-4-13/h5-6,9,11,13H,1-4,7-8,10H2,(H2,19,20,21,22). The minimum absolute atomic E-state index is 0.0869. The highest BCUT2D eigenvalue weighted by Crippen LogP contribution is 2.34. The third-order valence-corrected chi connectivity index (χ3v) is 4.63. The van der Waals surface area contributed by atoms with Gasteiger partial charge in [-0.1, -0.05) is 18.9 Å². The van der Waals surface area contributed by atoms with E-state index in [4.69, 9.17) is 9.47 Å². The minimum atomic E-state index is -0.0869. The summed E-state index contributed by atoms with van der Waals surface area (Å²) in [6.07, 6.45) is 5.23. The smallest absolute Gasteiger partial charge is 0.229 e. The van der Waals surface area contributed by atoms with Crippen molar-refractivity contribution >= 4 is 11.7 Å². The number of aromatic nitrogens is 2. The van der Waals surface area contributed by atoms with Crippen molar-refractivity contribution in [1.82, 2.24) is 10.2 Å². The molecule has 0 bridgehead atoms. The van der Waals surface area contributed by atoms with Crippen molar-refractivity contribution in [3.63, 3.8) is 0 Å². The molecule has 0 spiro atoms. The Morgan fingerprint density at radius 2 is 1.96 bits per heavy atom. The highest BCUT2D eigenvalue weighted by molar-refractivity contribution is 5.91. The molecule has 1 amide bonds. The van der Waals surface area contributed by atoms with Crippen LogP contribution in [-0.4, -0.2) is 29.3 Å². The number of carbonyl (C=O) groups is 1. The Kier molecular flexibility index (Phi) is 4.11. The molecule has 0 saturated heterocycles. The average molecular weight is 327 g/mol. The van der Waals surface area contributed by atoms with Crippen LogP contribution in [0.4, 0.5) is 5.82 Å². The van der Waals surface area contributed by atoms with Crippen molar-refractivity contribution in [2.45, 2.75) is 38.0 Å². The van der Waals surface area contributed by atoms with E-state index in [0.29, 0.717) is 30.7 Å². The molecular formula is C18H21N3O3. The minimum Gasteiger partial charge on any atom is -0.486 e. The number of benzene rings is 1. The summed E-state index contributed by atoms with van der Waals surface area (Å²) in [5.41, 5.74) is 2.02. The van der Waals surface area contributed by atoms with Gasteiger partial charge in [-0.05, 0) is 30.5 Å². The number of amides is 1. The monoisotopic (exact) mass is 327 g/mol. The molecule has 0 atom stereocenters. The number of hydrogen-bond donors (Lipinski definition) is 2. The number of aromatic amines is 1. The van der Waals surface area contributed by atoms with Crippen LogP contribution < -0.4 is 14.8 Å². The molecule has 1 aromatic heterocycles.